The first-order chi connectivity index (χ1) is 8.07. The van der Waals surface area contributed by atoms with Crippen molar-refractivity contribution in [2.75, 3.05) is 6.61 Å². The van der Waals surface area contributed by atoms with Crippen molar-refractivity contribution in [3.8, 4) is 0 Å². The molecule has 17 heavy (non-hydrogen) atoms. The molecule has 0 saturated carbocycles. The molecule has 2 N–H and O–H groups in total. The fourth-order valence-corrected chi connectivity index (χ4v) is 2.39. The highest BCUT2D eigenvalue weighted by molar-refractivity contribution is 5.08. The predicted octanol–water partition coefficient (Wildman–Crippen LogP) is 1.89. The molecule has 4 nitrogen and oxygen atoms in total. The van der Waals surface area contributed by atoms with Crippen molar-refractivity contribution in [2.45, 2.75) is 51.7 Å². The van der Waals surface area contributed by atoms with Crippen molar-refractivity contribution in [2.24, 2.45) is 12.8 Å². The van der Waals surface area contributed by atoms with Crippen molar-refractivity contribution >= 4 is 0 Å². The molecule has 0 aliphatic carbocycles. The van der Waals surface area contributed by atoms with E-state index >= 15 is 0 Å². The SMILES string of the molecule is CCOC(CC)(CC)C(N)Cc1cnn(C)c1. The first kappa shape index (κ1) is 14.2. The molecule has 0 aliphatic rings. The van der Waals surface area contributed by atoms with E-state index < -0.39 is 0 Å². The zero-order chi connectivity index (χ0) is 12.9. The number of aromatic nitrogens is 2. The zero-order valence-electron chi connectivity index (χ0n) is 11.4. The van der Waals surface area contributed by atoms with Gasteiger partial charge in [-0.1, -0.05) is 13.8 Å². The van der Waals surface area contributed by atoms with Gasteiger partial charge in [-0.15, -0.1) is 0 Å². The molecule has 0 radical (unpaired) electrons. The van der Waals surface area contributed by atoms with Crippen LogP contribution in [0.25, 0.3) is 0 Å². The van der Waals surface area contributed by atoms with Gasteiger partial charge in [0.15, 0.2) is 0 Å². The summed E-state index contributed by atoms with van der Waals surface area (Å²) in [6.45, 7) is 7.02. The van der Waals surface area contributed by atoms with Crippen LogP contribution < -0.4 is 5.73 Å². The Morgan fingerprint density at radius 2 is 2.06 bits per heavy atom. The summed E-state index contributed by atoms with van der Waals surface area (Å²) in [7, 11) is 1.92. The van der Waals surface area contributed by atoms with E-state index in [0.717, 1.165) is 19.3 Å². The standard InChI is InChI=1S/C13H25N3O/c1-5-13(6-2,17-7-3)12(14)8-11-9-15-16(4)10-11/h9-10,12H,5-8,14H2,1-4H3. The van der Waals surface area contributed by atoms with Crippen LogP contribution in [0.4, 0.5) is 0 Å². The molecule has 0 amide bonds. The lowest BCUT2D eigenvalue weighted by Gasteiger charge is -2.37. The smallest absolute Gasteiger partial charge is 0.0830 e. The Kier molecular flexibility index (Phi) is 5.15. The molecule has 0 saturated heterocycles. The largest absolute Gasteiger partial charge is 0.374 e. The first-order valence-corrected chi connectivity index (χ1v) is 6.45. The second-order valence-electron chi connectivity index (χ2n) is 4.54. The second kappa shape index (κ2) is 6.17. The number of hydrogen-bond donors (Lipinski definition) is 1. The average molecular weight is 239 g/mol. The molecule has 1 heterocycles. The van der Waals surface area contributed by atoms with Crippen LogP contribution in [-0.4, -0.2) is 28.0 Å². The van der Waals surface area contributed by atoms with E-state index in [0.29, 0.717) is 6.61 Å². The predicted molar refractivity (Wildman–Crippen MR) is 69.8 cm³/mol. The highest BCUT2D eigenvalue weighted by Crippen LogP contribution is 2.25. The van der Waals surface area contributed by atoms with Crippen LogP contribution in [0.15, 0.2) is 12.4 Å². The number of ether oxygens (including phenoxy) is 1. The normalized spacial score (nSPS) is 13.9. The maximum absolute atomic E-state index is 6.34. The maximum atomic E-state index is 6.34. The lowest BCUT2D eigenvalue weighted by atomic mass is 9.85. The number of rotatable bonds is 7. The zero-order valence-corrected chi connectivity index (χ0v) is 11.4. The van der Waals surface area contributed by atoms with Gasteiger partial charge < -0.3 is 10.5 Å². The molecule has 0 spiro atoms. The van der Waals surface area contributed by atoms with Gasteiger partial charge in [-0.25, -0.2) is 0 Å². The van der Waals surface area contributed by atoms with E-state index in [2.05, 4.69) is 18.9 Å². The molecular formula is C13H25N3O. The lowest BCUT2D eigenvalue weighted by Crippen LogP contribution is -2.50. The Morgan fingerprint density at radius 3 is 2.47 bits per heavy atom. The molecule has 1 atom stereocenters. The topological polar surface area (TPSA) is 53.1 Å². The van der Waals surface area contributed by atoms with Crippen LogP contribution >= 0.6 is 0 Å². The van der Waals surface area contributed by atoms with Crippen molar-refractivity contribution in [3.63, 3.8) is 0 Å². The Morgan fingerprint density at radius 1 is 1.41 bits per heavy atom. The van der Waals surface area contributed by atoms with Gasteiger partial charge in [0.05, 0.1) is 11.8 Å². The molecule has 1 aromatic rings. The summed E-state index contributed by atoms with van der Waals surface area (Å²) in [5.41, 5.74) is 7.31. The monoisotopic (exact) mass is 239 g/mol. The van der Waals surface area contributed by atoms with Crippen LogP contribution in [0.5, 0.6) is 0 Å². The van der Waals surface area contributed by atoms with Gasteiger partial charge in [-0.2, -0.15) is 5.10 Å². The minimum absolute atomic E-state index is 0.0154. The number of aryl methyl sites for hydroxylation is 1. The van der Waals surface area contributed by atoms with E-state index in [9.17, 15) is 0 Å². The summed E-state index contributed by atoms with van der Waals surface area (Å²) in [6, 6.07) is 0.0154. The van der Waals surface area contributed by atoms with Crippen molar-refractivity contribution in [1.82, 2.24) is 9.78 Å². The fraction of sp³-hybridized carbons (Fsp3) is 0.769. The third-order valence-corrected chi connectivity index (χ3v) is 3.52. The Labute approximate surface area is 104 Å². The minimum atomic E-state index is -0.204. The van der Waals surface area contributed by atoms with Crippen LogP contribution in [0.1, 0.15) is 39.2 Å². The third kappa shape index (κ3) is 3.30. The second-order valence-corrected chi connectivity index (χ2v) is 4.54. The summed E-state index contributed by atoms with van der Waals surface area (Å²) in [5.74, 6) is 0. The Balaban J connectivity index is 2.74. The van der Waals surface area contributed by atoms with Gasteiger partial charge in [0.1, 0.15) is 0 Å². The van der Waals surface area contributed by atoms with Crippen molar-refractivity contribution < 1.29 is 4.74 Å². The molecule has 1 rings (SSSR count). The van der Waals surface area contributed by atoms with Crippen molar-refractivity contribution in [3.05, 3.63) is 18.0 Å². The van der Waals surface area contributed by atoms with E-state index in [1.54, 1.807) is 0 Å². The number of hydrogen-bond acceptors (Lipinski definition) is 3. The van der Waals surface area contributed by atoms with Gasteiger partial charge in [0.2, 0.25) is 0 Å². The number of nitrogens with zero attached hydrogens (tertiary/aromatic N) is 2. The molecule has 0 bridgehead atoms. The van der Waals surface area contributed by atoms with E-state index in [1.165, 1.54) is 5.56 Å². The van der Waals surface area contributed by atoms with Gasteiger partial charge in [0.25, 0.3) is 0 Å². The van der Waals surface area contributed by atoms with Gasteiger partial charge >= 0.3 is 0 Å². The average Bonchev–Trinajstić information content (AvgIpc) is 2.71. The van der Waals surface area contributed by atoms with Gasteiger partial charge in [-0.05, 0) is 31.7 Å². The summed E-state index contributed by atoms with van der Waals surface area (Å²) >= 11 is 0. The third-order valence-electron chi connectivity index (χ3n) is 3.52. The fourth-order valence-electron chi connectivity index (χ4n) is 2.39. The quantitative estimate of drug-likeness (QED) is 0.790. The van der Waals surface area contributed by atoms with Crippen molar-refractivity contribution in [1.29, 1.82) is 0 Å². The summed E-state index contributed by atoms with van der Waals surface area (Å²) in [5, 5.41) is 4.17. The maximum Gasteiger partial charge on any atom is 0.0830 e. The van der Waals surface area contributed by atoms with Crippen LogP contribution in [0.2, 0.25) is 0 Å². The highest BCUT2D eigenvalue weighted by Gasteiger charge is 2.34. The van der Waals surface area contributed by atoms with E-state index in [1.807, 2.05) is 31.0 Å². The molecule has 0 aliphatic heterocycles. The molecule has 1 aromatic heterocycles. The van der Waals surface area contributed by atoms with E-state index in [4.69, 9.17) is 10.5 Å². The Hall–Kier alpha value is -0.870. The lowest BCUT2D eigenvalue weighted by molar-refractivity contribution is -0.0633. The molecular weight excluding hydrogens is 214 g/mol. The minimum Gasteiger partial charge on any atom is -0.374 e. The molecule has 0 fully saturated rings. The van der Waals surface area contributed by atoms with Crippen LogP contribution in [0, 0.1) is 0 Å². The molecule has 4 heteroatoms. The highest BCUT2D eigenvalue weighted by atomic mass is 16.5. The first-order valence-electron chi connectivity index (χ1n) is 6.45. The molecule has 0 aromatic carbocycles. The van der Waals surface area contributed by atoms with Gasteiger partial charge in [-0.3, -0.25) is 4.68 Å². The summed E-state index contributed by atoms with van der Waals surface area (Å²) in [6.07, 6.45) is 6.59. The van der Waals surface area contributed by atoms with Crippen LogP contribution in [-0.2, 0) is 18.2 Å². The number of nitrogens with two attached hydrogens (primary N) is 1. The molecule has 1 unspecified atom stereocenters. The summed E-state index contributed by atoms with van der Waals surface area (Å²) < 4.78 is 7.72. The van der Waals surface area contributed by atoms with Gasteiger partial charge in [0, 0.05) is 25.9 Å². The summed E-state index contributed by atoms with van der Waals surface area (Å²) in [4.78, 5) is 0. The van der Waals surface area contributed by atoms with E-state index in [-0.39, 0.29) is 11.6 Å². The van der Waals surface area contributed by atoms with Crippen LogP contribution in [0.3, 0.4) is 0 Å². The Bertz CT molecular complexity index is 331. The molecule has 98 valence electrons.